The normalized spacial score (nSPS) is 24.0. The molecule has 2 heterocycles. The molecule has 0 aliphatic carbocycles. The molecule has 3 aromatic rings. The summed E-state index contributed by atoms with van der Waals surface area (Å²) in [6, 6.07) is 21.7. The summed E-state index contributed by atoms with van der Waals surface area (Å²) in [4.78, 5) is 13.6. The number of hydrogen-bond acceptors (Lipinski definition) is 5. The number of fused-ring (bicyclic) bond motifs is 3. The van der Waals surface area contributed by atoms with Crippen LogP contribution in [0.3, 0.4) is 0 Å². The Kier molecular flexibility index (Phi) is 7.61. The topological polar surface area (TPSA) is 81.7 Å². The fourth-order valence-electron chi connectivity index (χ4n) is 5.46. The molecule has 9 heteroatoms. The molecular weight excluding hydrogens is 590 g/mol. The molecule has 1 saturated heterocycles. The van der Waals surface area contributed by atoms with Crippen LogP contribution in [0.5, 0.6) is 5.75 Å². The molecule has 6 nitrogen and oxygen atoms in total. The van der Waals surface area contributed by atoms with Crippen LogP contribution in [0.2, 0.25) is 5.02 Å². The number of ether oxygens (including phenoxy) is 2. The van der Waals surface area contributed by atoms with E-state index in [4.69, 9.17) is 21.1 Å². The number of nitrogens with one attached hydrogen (secondary N) is 1. The SMILES string of the molecule is CC1(C)Oc2ccc(Cl)cc2[C@H]2O[C@@H](CCc3ccccc3)[C@H](C(=O)NS(=O)(=O)c3cccc(Br)c3)C[C@@H]21. The van der Waals surface area contributed by atoms with Crippen molar-refractivity contribution in [3.8, 4) is 5.75 Å². The summed E-state index contributed by atoms with van der Waals surface area (Å²) < 4.78 is 42.2. The molecule has 0 saturated carbocycles. The zero-order valence-electron chi connectivity index (χ0n) is 21.1. The number of amides is 1. The van der Waals surface area contributed by atoms with Crippen molar-refractivity contribution in [2.45, 2.75) is 55.8 Å². The highest BCUT2D eigenvalue weighted by Gasteiger charge is 2.52. The van der Waals surface area contributed by atoms with Gasteiger partial charge in [0.15, 0.2) is 0 Å². The highest BCUT2D eigenvalue weighted by atomic mass is 79.9. The van der Waals surface area contributed by atoms with Crippen LogP contribution in [0.25, 0.3) is 0 Å². The number of benzene rings is 3. The molecule has 200 valence electrons. The summed E-state index contributed by atoms with van der Waals surface area (Å²) in [7, 11) is -4.07. The minimum absolute atomic E-state index is 0.0144. The first kappa shape index (κ1) is 27.2. The lowest BCUT2D eigenvalue weighted by Gasteiger charge is -2.50. The Morgan fingerprint density at radius 3 is 2.58 bits per heavy atom. The van der Waals surface area contributed by atoms with Crippen molar-refractivity contribution in [3.05, 3.63) is 93.4 Å². The summed E-state index contributed by atoms with van der Waals surface area (Å²) in [5, 5.41) is 0.579. The minimum Gasteiger partial charge on any atom is -0.487 e. The van der Waals surface area contributed by atoms with Crippen LogP contribution in [-0.4, -0.2) is 26.0 Å². The van der Waals surface area contributed by atoms with E-state index >= 15 is 0 Å². The van der Waals surface area contributed by atoms with E-state index in [2.05, 4.69) is 20.7 Å². The molecule has 1 amide bonds. The molecule has 0 radical (unpaired) electrons. The molecule has 3 aromatic carbocycles. The van der Waals surface area contributed by atoms with Crippen molar-refractivity contribution in [3.63, 3.8) is 0 Å². The monoisotopic (exact) mass is 617 g/mol. The Hall–Kier alpha value is -2.39. The van der Waals surface area contributed by atoms with Gasteiger partial charge in [-0.3, -0.25) is 4.79 Å². The van der Waals surface area contributed by atoms with Gasteiger partial charge in [-0.05, 0) is 75.1 Å². The van der Waals surface area contributed by atoms with E-state index in [0.717, 1.165) is 11.1 Å². The number of aryl methyl sites for hydroxylation is 1. The third-order valence-electron chi connectivity index (χ3n) is 7.43. The van der Waals surface area contributed by atoms with Gasteiger partial charge in [-0.1, -0.05) is 63.9 Å². The van der Waals surface area contributed by atoms with Crippen LogP contribution in [0.4, 0.5) is 0 Å². The fraction of sp³-hybridized carbons (Fsp3) is 0.345. The van der Waals surface area contributed by atoms with E-state index in [1.54, 1.807) is 18.2 Å². The molecule has 0 aromatic heterocycles. The second-order valence-corrected chi connectivity index (χ2v) is 13.4. The average molecular weight is 619 g/mol. The number of rotatable bonds is 6. The van der Waals surface area contributed by atoms with Gasteiger partial charge in [0.2, 0.25) is 5.91 Å². The van der Waals surface area contributed by atoms with Gasteiger partial charge in [0.1, 0.15) is 11.4 Å². The van der Waals surface area contributed by atoms with Gasteiger partial charge in [-0.25, -0.2) is 13.1 Å². The smallest absolute Gasteiger partial charge is 0.264 e. The standard InChI is InChI=1S/C29H29BrClNO5S/c1-29(2)24-17-23(28(33)32-38(34,35)21-10-6-9-19(30)15-21)25(13-11-18-7-4-3-5-8-18)36-27(24)22-16-20(31)12-14-26(22)37-29/h3-10,12,14-16,23-25,27H,11,13,17H2,1-2H3,(H,32,33)/t23-,24+,25+,27-/m1/s1. The van der Waals surface area contributed by atoms with Crippen LogP contribution in [0.1, 0.15) is 43.9 Å². The molecule has 2 aliphatic heterocycles. The summed E-state index contributed by atoms with van der Waals surface area (Å²) >= 11 is 9.63. The molecule has 2 aliphatic rings. The first-order valence-electron chi connectivity index (χ1n) is 12.5. The van der Waals surface area contributed by atoms with Crippen molar-refractivity contribution in [2.24, 2.45) is 11.8 Å². The van der Waals surface area contributed by atoms with E-state index in [0.29, 0.717) is 34.5 Å². The Morgan fingerprint density at radius 1 is 1.08 bits per heavy atom. The van der Waals surface area contributed by atoms with Gasteiger partial charge in [-0.2, -0.15) is 0 Å². The first-order valence-corrected chi connectivity index (χ1v) is 15.2. The van der Waals surface area contributed by atoms with Crippen molar-refractivity contribution in [1.82, 2.24) is 4.72 Å². The van der Waals surface area contributed by atoms with E-state index in [1.165, 1.54) is 12.1 Å². The summed E-state index contributed by atoms with van der Waals surface area (Å²) in [5.41, 5.74) is 1.33. The van der Waals surface area contributed by atoms with Crippen LogP contribution < -0.4 is 9.46 Å². The highest BCUT2D eigenvalue weighted by molar-refractivity contribution is 9.10. The first-order chi connectivity index (χ1) is 18.0. The third kappa shape index (κ3) is 5.64. The van der Waals surface area contributed by atoms with Gasteiger partial charge >= 0.3 is 0 Å². The minimum atomic E-state index is -4.07. The third-order valence-corrected chi connectivity index (χ3v) is 9.50. The van der Waals surface area contributed by atoms with Crippen molar-refractivity contribution < 1.29 is 22.7 Å². The van der Waals surface area contributed by atoms with Crippen LogP contribution in [0.15, 0.2) is 82.2 Å². The van der Waals surface area contributed by atoms with Gasteiger partial charge in [0, 0.05) is 21.0 Å². The second-order valence-electron chi connectivity index (χ2n) is 10.4. The quantitative estimate of drug-likeness (QED) is 0.342. The zero-order chi connectivity index (χ0) is 27.1. The van der Waals surface area contributed by atoms with Crippen LogP contribution >= 0.6 is 27.5 Å². The van der Waals surface area contributed by atoms with Gasteiger partial charge < -0.3 is 9.47 Å². The molecule has 0 spiro atoms. The van der Waals surface area contributed by atoms with Gasteiger partial charge in [-0.15, -0.1) is 0 Å². The largest absolute Gasteiger partial charge is 0.487 e. The molecule has 0 unspecified atom stereocenters. The maximum Gasteiger partial charge on any atom is 0.264 e. The second kappa shape index (κ2) is 10.6. The Bertz CT molecular complexity index is 1450. The maximum atomic E-state index is 13.6. The average Bonchev–Trinajstić information content (AvgIpc) is 2.88. The van der Waals surface area contributed by atoms with Gasteiger partial charge in [0.05, 0.1) is 23.0 Å². The highest BCUT2D eigenvalue weighted by Crippen LogP contribution is 2.53. The van der Waals surface area contributed by atoms with E-state index in [1.807, 2.05) is 56.3 Å². The Balaban J connectivity index is 1.46. The van der Waals surface area contributed by atoms with Gasteiger partial charge in [0.25, 0.3) is 10.0 Å². The predicted octanol–water partition coefficient (Wildman–Crippen LogP) is 6.47. The molecule has 38 heavy (non-hydrogen) atoms. The fourth-order valence-corrected chi connectivity index (χ4v) is 7.26. The summed E-state index contributed by atoms with van der Waals surface area (Å²) in [5.74, 6) is -0.743. The van der Waals surface area contributed by atoms with Crippen LogP contribution in [0, 0.1) is 11.8 Å². The molecule has 4 atom stereocenters. The lowest BCUT2D eigenvalue weighted by molar-refractivity contribution is -0.179. The van der Waals surface area contributed by atoms with Crippen molar-refractivity contribution in [2.75, 3.05) is 0 Å². The Morgan fingerprint density at radius 2 is 1.84 bits per heavy atom. The van der Waals surface area contributed by atoms with Crippen molar-refractivity contribution >= 4 is 43.5 Å². The maximum absolute atomic E-state index is 13.6. The van der Waals surface area contributed by atoms with Crippen molar-refractivity contribution in [1.29, 1.82) is 0 Å². The number of carbonyl (C=O) groups is 1. The predicted molar refractivity (Wildman–Crippen MR) is 150 cm³/mol. The molecule has 5 rings (SSSR count). The van der Waals surface area contributed by atoms with E-state index in [9.17, 15) is 13.2 Å². The van der Waals surface area contributed by atoms with Crippen LogP contribution in [-0.2, 0) is 26.0 Å². The number of hydrogen-bond donors (Lipinski definition) is 1. The Labute approximate surface area is 236 Å². The zero-order valence-corrected chi connectivity index (χ0v) is 24.2. The molecular formula is C29H29BrClNO5S. The lowest BCUT2D eigenvalue weighted by atomic mass is 9.71. The molecule has 1 fully saturated rings. The van der Waals surface area contributed by atoms with E-state index < -0.39 is 33.6 Å². The summed E-state index contributed by atoms with van der Waals surface area (Å²) in [6.07, 6.45) is 0.809. The lowest BCUT2D eigenvalue weighted by Crippen LogP contribution is -2.54. The summed E-state index contributed by atoms with van der Waals surface area (Å²) in [6.45, 7) is 3.95. The molecule has 1 N–H and O–H groups in total. The number of carbonyl (C=O) groups excluding carboxylic acids is 1. The number of sulfonamides is 1. The molecule has 0 bridgehead atoms. The van der Waals surface area contributed by atoms with E-state index in [-0.39, 0.29) is 16.9 Å². The number of halogens is 2.